The van der Waals surface area contributed by atoms with E-state index in [1.165, 1.54) is 62.3 Å². The Morgan fingerprint density at radius 2 is 2.14 bits per heavy atom. The molecule has 0 saturated carbocycles. The van der Waals surface area contributed by atoms with Crippen molar-refractivity contribution in [2.75, 3.05) is 38.0 Å². The molecule has 1 aromatic rings. The first-order valence-electron chi connectivity index (χ1n) is 8.62. The molecule has 3 heteroatoms. The van der Waals surface area contributed by atoms with Gasteiger partial charge in [-0.2, -0.15) is 0 Å². The van der Waals surface area contributed by atoms with E-state index in [9.17, 15) is 0 Å². The first-order valence-corrected chi connectivity index (χ1v) is 8.62. The molecule has 0 radical (unpaired) electrons. The van der Waals surface area contributed by atoms with Crippen molar-refractivity contribution in [2.24, 2.45) is 0 Å². The van der Waals surface area contributed by atoms with E-state index in [0.29, 0.717) is 0 Å². The fraction of sp³-hybridized carbons (Fsp3) is 0.667. The van der Waals surface area contributed by atoms with Gasteiger partial charge in [-0.1, -0.05) is 26.0 Å². The number of fused-ring (bicyclic) bond motifs is 1. The van der Waals surface area contributed by atoms with Crippen LogP contribution in [0.3, 0.4) is 0 Å². The molecule has 1 aromatic carbocycles. The second kappa shape index (κ2) is 6.80. The maximum absolute atomic E-state index is 3.50. The van der Waals surface area contributed by atoms with Gasteiger partial charge in [0.05, 0.1) is 0 Å². The molecular formula is C18H29N3. The van der Waals surface area contributed by atoms with Crippen LogP contribution in [0.1, 0.15) is 37.8 Å². The fourth-order valence-corrected chi connectivity index (χ4v) is 3.88. The quantitative estimate of drug-likeness (QED) is 0.898. The summed E-state index contributed by atoms with van der Waals surface area (Å²) in [6.07, 6.45) is 3.83. The number of likely N-dealkylation sites (N-methyl/N-ethyl adjacent to an activating group) is 1. The summed E-state index contributed by atoms with van der Waals surface area (Å²) in [6, 6.07) is 7.77. The van der Waals surface area contributed by atoms with Crippen LogP contribution in [-0.4, -0.2) is 48.6 Å². The van der Waals surface area contributed by atoms with E-state index in [1.54, 1.807) is 0 Å². The standard InChI is InChI=1S/C18H29N3/c1-3-21(4-2)17-9-11-20(14-17)13-15-7-8-18-16(12-15)6-5-10-19-18/h7-8,12,17,19H,3-6,9-11,13-14H2,1-2H3. The van der Waals surface area contributed by atoms with Gasteiger partial charge in [-0.25, -0.2) is 0 Å². The summed E-state index contributed by atoms with van der Waals surface area (Å²) in [5.74, 6) is 0. The molecule has 1 saturated heterocycles. The molecule has 1 atom stereocenters. The van der Waals surface area contributed by atoms with Crippen LogP contribution in [0.4, 0.5) is 5.69 Å². The van der Waals surface area contributed by atoms with Crippen LogP contribution in [0.5, 0.6) is 0 Å². The molecule has 0 aliphatic carbocycles. The van der Waals surface area contributed by atoms with E-state index in [4.69, 9.17) is 0 Å². The summed E-state index contributed by atoms with van der Waals surface area (Å²) >= 11 is 0. The zero-order valence-corrected chi connectivity index (χ0v) is 13.6. The molecule has 0 aromatic heterocycles. The Hall–Kier alpha value is -1.06. The van der Waals surface area contributed by atoms with E-state index in [0.717, 1.165) is 19.1 Å². The minimum absolute atomic E-state index is 0.763. The molecule has 3 rings (SSSR count). The number of likely N-dealkylation sites (tertiary alicyclic amines) is 1. The molecule has 3 nitrogen and oxygen atoms in total. The number of nitrogens with one attached hydrogen (secondary N) is 1. The molecule has 0 amide bonds. The minimum atomic E-state index is 0.763. The number of aryl methyl sites for hydroxylation is 1. The van der Waals surface area contributed by atoms with Gasteiger partial charge in [-0.3, -0.25) is 9.80 Å². The number of nitrogens with zero attached hydrogens (tertiary/aromatic N) is 2. The van der Waals surface area contributed by atoms with Crippen LogP contribution >= 0.6 is 0 Å². The molecule has 0 spiro atoms. The van der Waals surface area contributed by atoms with Crippen molar-refractivity contribution < 1.29 is 0 Å². The first-order chi connectivity index (χ1) is 10.3. The minimum Gasteiger partial charge on any atom is -0.385 e. The molecule has 116 valence electrons. The zero-order chi connectivity index (χ0) is 14.7. The van der Waals surface area contributed by atoms with Crippen molar-refractivity contribution in [1.29, 1.82) is 0 Å². The molecular weight excluding hydrogens is 258 g/mol. The third-order valence-electron chi connectivity index (χ3n) is 5.09. The largest absolute Gasteiger partial charge is 0.385 e. The molecule has 0 bridgehead atoms. The van der Waals surface area contributed by atoms with Crippen molar-refractivity contribution in [2.45, 2.75) is 45.7 Å². The van der Waals surface area contributed by atoms with E-state index < -0.39 is 0 Å². The lowest BCUT2D eigenvalue weighted by molar-refractivity contribution is 0.209. The van der Waals surface area contributed by atoms with E-state index in [1.807, 2.05) is 0 Å². The summed E-state index contributed by atoms with van der Waals surface area (Å²) in [7, 11) is 0. The average molecular weight is 287 g/mol. The number of benzene rings is 1. The summed E-state index contributed by atoms with van der Waals surface area (Å²) in [4.78, 5) is 5.23. The van der Waals surface area contributed by atoms with E-state index in [2.05, 4.69) is 47.2 Å². The molecule has 21 heavy (non-hydrogen) atoms. The zero-order valence-electron chi connectivity index (χ0n) is 13.6. The van der Waals surface area contributed by atoms with Gasteiger partial charge in [0.1, 0.15) is 0 Å². The van der Waals surface area contributed by atoms with Crippen LogP contribution < -0.4 is 5.32 Å². The van der Waals surface area contributed by atoms with E-state index >= 15 is 0 Å². The predicted molar refractivity (Wildman–Crippen MR) is 89.9 cm³/mol. The summed E-state index contributed by atoms with van der Waals surface area (Å²) < 4.78 is 0. The van der Waals surface area contributed by atoms with Crippen molar-refractivity contribution in [3.05, 3.63) is 29.3 Å². The summed E-state index contributed by atoms with van der Waals surface area (Å²) in [6.45, 7) is 11.6. The Morgan fingerprint density at radius 3 is 2.95 bits per heavy atom. The van der Waals surface area contributed by atoms with Crippen molar-refractivity contribution in [1.82, 2.24) is 9.80 Å². The molecule has 1 unspecified atom stereocenters. The Bertz CT molecular complexity index is 468. The van der Waals surface area contributed by atoms with Crippen LogP contribution in [-0.2, 0) is 13.0 Å². The summed E-state index contributed by atoms with van der Waals surface area (Å²) in [5, 5.41) is 3.50. The van der Waals surface area contributed by atoms with Crippen LogP contribution in [0.15, 0.2) is 18.2 Å². The van der Waals surface area contributed by atoms with Gasteiger partial charge >= 0.3 is 0 Å². The normalized spacial score (nSPS) is 22.3. The maximum Gasteiger partial charge on any atom is 0.0372 e. The molecule has 2 aliphatic heterocycles. The lowest BCUT2D eigenvalue weighted by Crippen LogP contribution is -2.37. The lowest BCUT2D eigenvalue weighted by Gasteiger charge is -2.26. The Balaban J connectivity index is 1.60. The first kappa shape index (κ1) is 14.9. The van der Waals surface area contributed by atoms with Crippen molar-refractivity contribution >= 4 is 5.69 Å². The van der Waals surface area contributed by atoms with Gasteiger partial charge in [0.25, 0.3) is 0 Å². The van der Waals surface area contributed by atoms with Crippen molar-refractivity contribution in [3.8, 4) is 0 Å². The summed E-state index contributed by atoms with van der Waals surface area (Å²) in [5.41, 5.74) is 4.35. The Morgan fingerprint density at radius 1 is 1.29 bits per heavy atom. The molecule has 2 aliphatic rings. The van der Waals surface area contributed by atoms with Gasteiger partial charge in [-0.15, -0.1) is 0 Å². The average Bonchev–Trinajstić information content (AvgIpc) is 2.97. The van der Waals surface area contributed by atoms with Gasteiger partial charge in [-0.05, 0) is 49.5 Å². The second-order valence-corrected chi connectivity index (χ2v) is 6.42. The highest BCUT2D eigenvalue weighted by molar-refractivity contribution is 5.54. The monoisotopic (exact) mass is 287 g/mol. The van der Waals surface area contributed by atoms with E-state index in [-0.39, 0.29) is 0 Å². The topological polar surface area (TPSA) is 18.5 Å². The Labute approximate surface area is 129 Å². The third kappa shape index (κ3) is 3.41. The third-order valence-corrected chi connectivity index (χ3v) is 5.09. The van der Waals surface area contributed by atoms with Gasteiger partial charge in [0.2, 0.25) is 0 Å². The number of anilines is 1. The van der Waals surface area contributed by atoms with Crippen LogP contribution in [0.25, 0.3) is 0 Å². The smallest absolute Gasteiger partial charge is 0.0372 e. The highest BCUT2D eigenvalue weighted by atomic mass is 15.2. The number of hydrogen-bond acceptors (Lipinski definition) is 3. The fourth-order valence-electron chi connectivity index (χ4n) is 3.88. The molecule has 1 N–H and O–H groups in total. The molecule has 2 heterocycles. The van der Waals surface area contributed by atoms with Gasteiger partial charge in [0.15, 0.2) is 0 Å². The number of rotatable bonds is 5. The SMILES string of the molecule is CCN(CC)C1CCN(Cc2ccc3c(c2)CCCN3)C1. The van der Waals surface area contributed by atoms with Crippen LogP contribution in [0.2, 0.25) is 0 Å². The second-order valence-electron chi connectivity index (χ2n) is 6.42. The van der Waals surface area contributed by atoms with Crippen LogP contribution in [0, 0.1) is 0 Å². The van der Waals surface area contributed by atoms with Gasteiger partial charge < -0.3 is 5.32 Å². The number of hydrogen-bond donors (Lipinski definition) is 1. The highest BCUT2D eigenvalue weighted by Crippen LogP contribution is 2.24. The van der Waals surface area contributed by atoms with Gasteiger partial charge in [0, 0.05) is 37.9 Å². The predicted octanol–water partition coefficient (Wildman–Crippen LogP) is 2.96. The maximum atomic E-state index is 3.50. The van der Waals surface area contributed by atoms with Crippen molar-refractivity contribution in [3.63, 3.8) is 0 Å². The lowest BCUT2D eigenvalue weighted by atomic mass is 10.0. The molecule has 1 fully saturated rings. The Kier molecular flexibility index (Phi) is 4.81. The highest BCUT2D eigenvalue weighted by Gasteiger charge is 2.26.